The number of carbonyl (C=O) groups excluding carboxylic acids is 1. The second-order valence-corrected chi connectivity index (χ2v) is 8.84. The van der Waals surface area contributed by atoms with Crippen LogP contribution in [0.3, 0.4) is 0 Å². The van der Waals surface area contributed by atoms with Crippen LogP contribution in [0.4, 0.5) is 18.9 Å². The van der Waals surface area contributed by atoms with Crippen molar-refractivity contribution in [3.63, 3.8) is 0 Å². The van der Waals surface area contributed by atoms with E-state index in [1.165, 1.54) is 21.9 Å². The number of rotatable bonds is 4. The lowest BCUT2D eigenvalue weighted by Crippen LogP contribution is -2.49. The quantitative estimate of drug-likeness (QED) is 0.633. The summed E-state index contributed by atoms with van der Waals surface area (Å²) in [6, 6.07) is 7.71. The van der Waals surface area contributed by atoms with E-state index in [0.717, 1.165) is 6.07 Å². The van der Waals surface area contributed by atoms with Crippen LogP contribution in [0.1, 0.15) is 34.6 Å². The van der Waals surface area contributed by atoms with E-state index >= 15 is 0 Å². The highest BCUT2D eigenvalue weighted by Crippen LogP contribution is 2.38. The zero-order valence-corrected chi connectivity index (χ0v) is 17.3. The Labute approximate surface area is 171 Å². The summed E-state index contributed by atoms with van der Waals surface area (Å²) < 4.78 is 39.9. The Morgan fingerprint density at radius 2 is 1.86 bits per heavy atom. The number of aryl methyl sites for hydroxylation is 1. The molecule has 1 aromatic carbocycles. The third-order valence-corrected chi connectivity index (χ3v) is 6.43. The second kappa shape index (κ2) is 8.33. The maximum atomic E-state index is 13.3. The minimum Gasteiger partial charge on any atom is -0.367 e. The van der Waals surface area contributed by atoms with E-state index in [2.05, 4.69) is 0 Å². The molecule has 0 radical (unpaired) electrons. The number of halogens is 4. The van der Waals surface area contributed by atoms with Gasteiger partial charge in [0.2, 0.25) is 5.91 Å². The molecule has 1 aromatic heterocycles. The van der Waals surface area contributed by atoms with Crippen LogP contribution >= 0.6 is 22.9 Å². The summed E-state index contributed by atoms with van der Waals surface area (Å²) >= 11 is 7.61. The zero-order chi connectivity index (χ0) is 20.5. The van der Waals surface area contributed by atoms with E-state index in [4.69, 9.17) is 11.6 Å². The van der Waals surface area contributed by atoms with Crippen molar-refractivity contribution >= 4 is 34.5 Å². The third-order valence-electron chi connectivity index (χ3n) is 4.97. The van der Waals surface area contributed by atoms with Crippen LogP contribution in [0.2, 0.25) is 5.02 Å². The number of anilines is 1. The maximum Gasteiger partial charge on any atom is 0.418 e. The minimum atomic E-state index is -4.44. The average molecular weight is 431 g/mol. The van der Waals surface area contributed by atoms with Gasteiger partial charge in [0.1, 0.15) is 0 Å². The third kappa shape index (κ3) is 4.81. The largest absolute Gasteiger partial charge is 0.418 e. The molecule has 1 saturated heterocycles. The number of alkyl halides is 3. The van der Waals surface area contributed by atoms with Gasteiger partial charge < -0.3 is 9.80 Å². The summed E-state index contributed by atoms with van der Waals surface area (Å²) in [5.74, 6) is 0.175. The van der Waals surface area contributed by atoms with Gasteiger partial charge in [0.15, 0.2) is 0 Å². The Morgan fingerprint density at radius 1 is 1.18 bits per heavy atom. The lowest BCUT2D eigenvalue weighted by Gasteiger charge is -2.37. The lowest BCUT2D eigenvalue weighted by molar-refractivity contribution is -0.137. The number of piperazine rings is 1. The molecule has 2 heterocycles. The topological polar surface area (TPSA) is 23.6 Å². The molecule has 1 atom stereocenters. The van der Waals surface area contributed by atoms with Crippen molar-refractivity contribution in [3.05, 3.63) is 50.7 Å². The van der Waals surface area contributed by atoms with E-state index in [1.807, 2.05) is 26.0 Å². The van der Waals surface area contributed by atoms with Gasteiger partial charge in [-0.05, 0) is 43.2 Å². The van der Waals surface area contributed by atoms with Crippen molar-refractivity contribution in [3.8, 4) is 0 Å². The fraction of sp³-hybridized carbons (Fsp3) is 0.450. The number of thiophene rings is 1. The molecule has 0 bridgehead atoms. The SMILES string of the molecule is Cc1ccc([C@H](C)CC(=O)N2CCN(c3cc(Cl)ccc3C(F)(F)F)CC2)s1. The molecule has 3 nitrogen and oxygen atoms in total. The molecule has 1 amide bonds. The molecule has 1 aliphatic heterocycles. The number of nitrogens with zero attached hydrogens (tertiary/aromatic N) is 2. The highest BCUT2D eigenvalue weighted by Gasteiger charge is 2.36. The monoisotopic (exact) mass is 430 g/mol. The molecule has 1 fully saturated rings. The summed E-state index contributed by atoms with van der Waals surface area (Å²) in [5.41, 5.74) is -0.618. The lowest BCUT2D eigenvalue weighted by atomic mass is 10.0. The van der Waals surface area contributed by atoms with Crippen molar-refractivity contribution in [2.75, 3.05) is 31.1 Å². The summed E-state index contributed by atoms with van der Waals surface area (Å²) in [6.45, 7) is 5.56. The first-order valence-electron chi connectivity index (χ1n) is 9.11. The molecule has 2 aromatic rings. The molecule has 1 aliphatic rings. The van der Waals surface area contributed by atoms with Crippen molar-refractivity contribution in [1.29, 1.82) is 0 Å². The summed E-state index contributed by atoms with van der Waals surface area (Å²) in [4.78, 5) is 18.4. The number of carbonyl (C=O) groups is 1. The smallest absolute Gasteiger partial charge is 0.367 e. The van der Waals surface area contributed by atoms with Crippen molar-refractivity contribution in [2.24, 2.45) is 0 Å². The number of hydrogen-bond acceptors (Lipinski definition) is 3. The summed E-state index contributed by atoms with van der Waals surface area (Å²) in [6.07, 6.45) is -4.04. The van der Waals surface area contributed by atoms with Gasteiger partial charge in [-0.1, -0.05) is 18.5 Å². The highest BCUT2D eigenvalue weighted by atomic mass is 35.5. The fourth-order valence-corrected chi connectivity index (χ4v) is 4.51. The Hall–Kier alpha value is -1.73. The molecule has 8 heteroatoms. The van der Waals surface area contributed by atoms with E-state index < -0.39 is 11.7 Å². The van der Waals surface area contributed by atoms with Crippen LogP contribution in [-0.2, 0) is 11.0 Å². The number of benzene rings is 1. The van der Waals surface area contributed by atoms with Crippen LogP contribution in [0.15, 0.2) is 30.3 Å². The van der Waals surface area contributed by atoms with E-state index in [1.54, 1.807) is 21.1 Å². The molecule has 0 saturated carbocycles. The van der Waals surface area contributed by atoms with Crippen LogP contribution in [-0.4, -0.2) is 37.0 Å². The Morgan fingerprint density at radius 3 is 2.43 bits per heavy atom. The first-order chi connectivity index (χ1) is 13.1. The number of amides is 1. The molecule has 0 N–H and O–H groups in total. The van der Waals surface area contributed by atoms with Gasteiger partial charge in [0.05, 0.1) is 11.3 Å². The summed E-state index contributed by atoms with van der Waals surface area (Å²) in [5, 5.41) is 0.265. The predicted molar refractivity (Wildman–Crippen MR) is 107 cm³/mol. The molecule has 0 aliphatic carbocycles. The standard InChI is InChI=1S/C20H22ClF3N2OS/c1-13(18-6-3-14(2)28-18)11-19(27)26-9-7-25(8-10-26)17-12-15(21)4-5-16(17)20(22,23)24/h3-6,12-13H,7-11H2,1-2H3/t13-/m1/s1. The Bertz CT molecular complexity index is 844. The van der Waals surface area contributed by atoms with Crippen molar-refractivity contribution in [2.45, 2.75) is 32.4 Å². The van der Waals surface area contributed by atoms with Crippen LogP contribution in [0, 0.1) is 6.92 Å². The van der Waals surface area contributed by atoms with Gasteiger partial charge in [-0.3, -0.25) is 4.79 Å². The maximum absolute atomic E-state index is 13.3. The fourth-order valence-electron chi connectivity index (χ4n) is 3.41. The minimum absolute atomic E-state index is 0.0420. The number of hydrogen-bond donors (Lipinski definition) is 0. The van der Waals surface area contributed by atoms with Crippen molar-refractivity contribution < 1.29 is 18.0 Å². The normalized spacial score (nSPS) is 16.4. The molecule has 3 rings (SSSR count). The molecular weight excluding hydrogens is 409 g/mol. The molecular formula is C20H22ClF3N2OS. The van der Waals surface area contributed by atoms with Crippen molar-refractivity contribution in [1.82, 2.24) is 4.90 Å². The molecule has 152 valence electrons. The average Bonchev–Trinajstić information content (AvgIpc) is 3.07. The molecule has 0 spiro atoms. The second-order valence-electron chi connectivity index (χ2n) is 7.08. The van der Waals surface area contributed by atoms with E-state index in [9.17, 15) is 18.0 Å². The highest BCUT2D eigenvalue weighted by molar-refractivity contribution is 7.12. The first kappa shape index (κ1) is 21.0. The Balaban J connectivity index is 1.63. The molecule has 0 unspecified atom stereocenters. The Kier molecular flexibility index (Phi) is 6.25. The van der Waals surface area contributed by atoms with Gasteiger partial charge >= 0.3 is 6.18 Å². The predicted octanol–water partition coefficient (Wildman–Crippen LogP) is 5.57. The van der Waals surface area contributed by atoms with Crippen LogP contribution in [0.25, 0.3) is 0 Å². The van der Waals surface area contributed by atoms with Gasteiger partial charge in [-0.2, -0.15) is 13.2 Å². The first-order valence-corrected chi connectivity index (χ1v) is 10.3. The zero-order valence-electron chi connectivity index (χ0n) is 15.7. The van der Waals surface area contributed by atoms with Gasteiger partial charge in [-0.25, -0.2) is 0 Å². The van der Waals surface area contributed by atoms with Crippen LogP contribution in [0.5, 0.6) is 0 Å². The van der Waals surface area contributed by atoms with E-state index in [-0.39, 0.29) is 22.5 Å². The van der Waals surface area contributed by atoms with Gasteiger partial charge in [0, 0.05) is 47.4 Å². The summed E-state index contributed by atoms with van der Waals surface area (Å²) in [7, 11) is 0. The molecule has 28 heavy (non-hydrogen) atoms. The van der Waals surface area contributed by atoms with Gasteiger partial charge in [0.25, 0.3) is 0 Å². The van der Waals surface area contributed by atoms with E-state index in [0.29, 0.717) is 32.6 Å². The van der Waals surface area contributed by atoms with Crippen LogP contribution < -0.4 is 4.90 Å². The van der Waals surface area contributed by atoms with Gasteiger partial charge in [-0.15, -0.1) is 11.3 Å².